The number of carbonyl (C=O) groups is 2. The van der Waals surface area contributed by atoms with Gasteiger partial charge in [-0.3, -0.25) is 9.59 Å². The molecule has 0 heterocycles. The van der Waals surface area contributed by atoms with Crippen LogP contribution in [-0.2, 0) is 11.2 Å². The molecule has 0 saturated carbocycles. The number of Topliss-reactive ketones (excluding diaryl/α,β-unsaturated/α-hetero) is 2. The van der Waals surface area contributed by atoms with E-state index in [4.69, 9.17) is 4.74 Å². The molecule has 0 unspecified atom stereocenters. The topological polar surface area (TPSA) is 43.4 Å². The van der Waals surface area contributed by atoms with Gasteiger partial charge in [0.25, 0.3) is 0 Å². The lowest BCUT2D eigenvalue weighted by Crippen LogP contribution is -2.24. The van der Waals surface area contributed by atoms with Crippen LogP contribution >= 0.6 is 0 Å². The number of methoxy groups -OCH3 is 1. The van der Waals surface area contributed by atoms with Crippen LogP contribution in [0.1, 0.15) is 26.3 Å². The molecule has 0 aliphatic heterocycles. The molecule has 2 aromatic rings. The molecular weight excluding hydrogens is 264 g/mol. The van der Waals surface area contributed by atoms with Crippen LogP contribution in [0.25, 0.3) is 0 Å². The minimum Gasteiger partial charge on any atom is -0.492 e. The molecule has 1 aliphatic carbocycles. The maximum absolute atomic E-state index is 12.6. The van der Waals surface area contributed by atoms with Crippen LogP contribution < -0.4 is 0 Å². The van der Waals surface area contributed by atoms with Gasteiger partial charge in [-0.05, 0) is 5.56 Å². The van der Waals surface area contributed by atoms with Crippen LogP contribution in [0.3, 0.4) is 0 Å². The monoisotopic (exact) mass is 278 g/mol. The lowest BCUT2D eigenvalue weighted by Gasteiger charge is -2.20. The van der Waals surface area contributed by atoms with E-state index >= 15 is 0 Å². The minimum absolute atomic E-state index is 0.133. The molecule has 0 atom stereocenters. The van der Waals surface area contributed by atoms with Crippen molar-refractivity contribution in [1.82, 2.24) is 0 Å². The summed E-state index contributed by atoms with van der Waals surface area (Å²) in [5, 5.41) is 0. The number of hydrogen-bond acceptors (Lipinski definition) is 3. The Kier molecular flexibility index (Phi) is 3.40. The Morgan fingerprint density at radius 1 is 0.810 bits per heavy atom. The van der Waals surface area contributed by atoms with Crippen LogP contribution in [-0.4, -0.2) is 18.7 Å². The van der Waals surface area contributed by atoms with Gasteiger partial charge >= 0.3 is 0 Å². The highest BCUT2D eigenvalue weighted by molar-refractivity contribution is 6.26. The number of ether oxygens (including phenoxy) is 1. The second-order valence-corrected chi connectivity index (χ2v) is 4.88. The largest absolute Gasteiger partial charge is 0.492 e. The number of allylic oxidation sites excluding steroid dienone is 2. The summed E-state index contributed by atoms with van der Waals surface area (Å²) < 4.78 is 5.22. The van der Waals surface area contributed by atoms with E-state index < -0.39 is 0 Å². The van der Waals surface area contributed by atoms with Crippen LogP contribution in [0.4, 0.5) is 0 Å². The molecule has 3 rings (SSSR count). The first-order valence-electron chi connectivity index (χ1n) is 6.72. The zero-order valence-electron chi connectivity index (χ0n) is 11.6. The van der Waals surface area contributed by atoms with Crippen molar-refractivity contribution in [3.05, 3.63) is 82.6 Å². The summed E-state index contributed by atoms with van der Waals surface area (Å²) in [6, 6.07) is 16.5. The summed E-state index contributed by atoms with van der Waals surface area (Å²) in [4.78, 5) is 25.1. The quantitative estimate of drug-likeness (QED) is 0.866. The molecule has 2 aromatic carbocycles. The minimum atomic E-state index is -0.223. The van der Waals surface area contributed by atoms with Gasteiger partial charge in [0.15, 0.2) is 11.5 Å². The van der Waals surface area contributed by atoms with Crippen molar-refractivity contribution in [2.75, 3.05) is 7.11 Å². The third-order valence-electron chi connectivity index (χ3n) is 3.60. The SMILES string of the molecule is COC1=C(Cc2ccccc2)C(=O)c2ccccc2C1=O. The average molecular weight is 278 g/mol. The summed E-state index contributed by atoms with van der Waals surface area (Å²) in [7, 11) is 1.43. The van der Waals surface area contributed by atoms with Gasteiger partial charge in [-0.1, -0.05) is 54.6 Å². The number of fused-ring (bicyclic) bond motifs is 1. The van der Waals surface area contributed by atoms with Crippen molar-refractivity contribution in [2.24, 2.45) is 0 Å². The van der Waals surface area contributed by atoms with Gasteiger partial charge in [0.2, 0.25) is 5.78 Å². The zero-order chi connectivity index (χ0) is 14.8. The molecule has 0 bridgehead atoms. The molecule has 0 radical (unpaired) electrons. The first-order chi connectivity index (χ1) is 10.2. The standard InChI is InChI=1S/C18H14O3/c1-21-18-15(11-12-7-3-2-4-8-12)16(19)13-9-5-6-10-14(13)17(18)20/h2-10H,11H2,1H3. The first kappa shape index (κ1) is 13.3. The fourth-order valence-electron chi connectivity index (χ4n) is 2.58. The van der Waals surface area contributed by atoms with E-state index in [0.717, 1.165) is 5.56 Å². The Bertz CT molecular complexity index is 742. The van der Waals surface area contributed by atoms with Crippen molar-refractivity contribution in [3.63, 3.8) is 0 Å². The van der Waals surface area contributed by atoms with Crippen molar-refractivity contribution < 1.29 is 14.3 Å². The van der Waals surface area contributed by atoms with Crippen molar-refractivity contribution in [1.29, 1.82) is 0 Å². The van der Waals surface area contributed by atoms with Gasteiger partial charge in [-0.15, -0.1) is 0 Å². The van der Waals surface area contributed by atoms with E-state index in [1.807, 2.05) is 30.3 Å². The Morgan fingerprint density at radius 3 is 2.00 bits per heavy atom. The first-order valence-corrected chi connectivity index (χ1v) is 6.72. The highest BCUT2D eigenvalue weighted by Gasteiger charge is 2.32. The summed E-state index contributed by atoms with van der Waals surface area (Å²) in [6.07, 6.45) is 0.392. The predicted octanol–water partition coefficient (Wildman–Crippen LogP) is 3.21. The Hall–Kier alpha value is -2.68. The van der Waals surface area contributed by atoms with Gasteiger partial charge in [-0.25, -0.2) is 0 Å². The van der Waals surface area contributed by atoms with Gasteiger partial charge in [0, 0.05) is 17.5 Å². The van der Waals surface area contributed by atoms with E-state index in [2.05, 4.69) is 0 Å². The van der Waals surface area contributed by atoms with Crippen LogP contribution in [0.15, 0.2) is 65.9 Å². The molecule has 0 N–H and O–H groups in total. The zero-order valence-corrected chi connectivity index (χ0v) is 11.6. The van der Waals surface area contributed by atoms with Crippen LogP contribution in [0.5, 0.6) is 0 Å². The third kappa shape index (κ3) is 2.27. The molecule has 0 spiro atoms. The smallest absolute Gasteiger partial charge is 0.228 e. The summed E-state index contributed by atoms with van der Waals surface area (Å²) >= 11 is 0. The Labute approximate surface area is 122 Å². The summed E-state index contributed by atoms with van der Waals surface area (Å²) in [6.45, 7) is 0. The number of carbonyl (C=O) groups excluding carboxylic acids is 2. The van der Waals surface area contributed by atoms with E-state index in [1.54, 1.807) is 24.3 Å². The lowest BCUT2D eigenvalue weighted by atomic mass is 9.85. The number of ketones is 2. The number of hydrogen-bond donors (Lipinski definition) is 0. The molecule has 3 heteroatoms. The van der Waals surface area contributed by atoms with Crippen molar-refractivity contribution in [2.45, 2.75) is 6.42 Å². The third-order valence-corrected chi connectivity index (χ3v) is 3.60. The number of rotatable bonds is 3. The summed E-state index contributed by atoms with van der Waals surface area (Å²) in [5.41, 5.74) is 2.26. The molecule has 0 amide bonds. The van der Waals surface area contributed by atoms with Gasteiger partial charge in [0.1, 0.15) is 0 Å². The molecule has 21 heavy (non-hydrogen) atoms. The molecule has 0 aromatic heterocycles. The molecule has 0 saturated heterocycles. The lowest BCUT2D eigenvalue weighted by molar-refractivity contribution is 0.0904. The molecule has 104 valence electrons. The fraction of sp³-hybridized carbons (Fsp3) is 0.111. The van der Waals surface area contributed by atoms with E-state index in [9.17, 15) is 9.59 Å². The van der Waals surface area contributed by atoms with E-state index in [-0.39, 0.29) is 17.3 Å². The Balaban J connectivity index is 2.09. The average Bonchev–Trinajstić information content (AvgIpc) is 2.54. The van der Waals surface area contributed by atoms with Crippen molar-refractivity contribution >= 4 is 11.6 Å². The second kappa shape index (κ2) is 5.37. The van der Waals surface area contributed by atoms with Gasteiger partial charge in [0.05, 0.1) is 12.7 Å². The second-order valence-electron chi connectivity index (χ2n) is 4.88. The van der Waals surface area contributed by atoms with Crippen LogP contribution in [0.2, 0.25) is 0 Å². The fourth-order valence-corrected chi connectivity index (χ4v) is 2.58. The van der Waals surface area contributed by atoms with E-state index in [1.165, 1.54) is 7.11 Å². The Morgan fingerprint density at radius 2 is 1.38 bits per heavy atom. The maximum Gasteiger partial charge on any atom is 0.228 e. The molecule has 0 fully saturated rings. The van der Waals surface area contributed by atoms with Crippen LogP contribution in [0, 0.1) is 0 Å². The molecule has 3 nitrogen and oxygen atoms in total. The number of benzene rings is 2. The highest BCUT2D eigenvalue weighted by Crippen LogP contribution is 2.28. The van der Waals surface area contributed by atoms with Crippen molar-refractivity contribution in [3.8, 4) is 0 Å². The molecule has 1 aliphatic rings. The maximum atomic E-state index is 12.6. The normalized spacial score (nSPS) is 14.1. The molecular formula is C18H14O3. The summed E-state index contributed by atoms with van der Waals surface area (Å²) in [5.74, 6) is -0.202. The predicted molar refractivity (Wildman–Crippen MR) is 79.3 cm³/mol. The van der Waals surface area contributed by atoms with Gasteiger partial charge in [-0.2, -0.15) is 0 Å². The van der Waals surface area contributed by atoms with E-state index in [0.29, 0.717) is 23.1 Å². The van der Waals surface area contributed by atoms with Gasteiger partial charge < -0.3 is 4.74 Å². The highest BCUT2D eigenvalue weighted by atomic mass is 16.5.